The van der Waals surface area contributed by atoms with Crippen molar-refractivity contribution in [2.24, 2.45) is 5.92 Å². The number of hydrogen-bond acceptors (Lipinski definition) is 3. The minimum Gasteiger partial charge on any atom is -0.415 e. The van der Waals surface area contributed by atoms with Gasteiger partial charge in [-0.15, -0.1) is 0 Å². The fourth-order valence-corrected chi connectivity index (χ4v) is 4.76. The van der Waals surface area contributed by atoms with E-state index in [-0.39, 0.29) is 11.0 Å². The maximum absolute atomic E-state index is 11.2. The molecule has 1 N–H and O–H groups in total. The van der Waals surface area contributed by atoms with Crippen LogP contribution in [0, 0.1) is 17.8 Å². The van der Waals surface area contributed by atoms with Gasteiger partial charge in [0.25, 0.3) is 0 Å². The van der Waals surface area contributed by atoms with E-state index in [0.717, 1.165) is 31.6 Å². The second-order valence-electron chi connectivity index (χ2n) is 9.46. The lowest BCUT2D eigenvalue weighted by molar-refractivity contribution is -0.105. The molecule has 3 aliphatic heterocycles. The van der Waals surface area contributed by atoms with Crippen LogP contribution >= 0.6 is 0 Å². The quantitative estimate of drug-likeness (QED) is 0.646. The highest BCUT2D eigenvalue weighted by molar-refractivity contribution is 6.74. The number of benzene rings is 1. The molecule has 4 rings (SSSR count). The van der Waals surface area contributed by atoms with Crippen molar-refractivity contribution in [3.8, 4) is 11.8 Å². The third-order valence-electron chi connectivity index (χ3n) is 6.60. The van der Waals surface area contributed by atoms with Gasteiger partial charge in [0.05, 0.1) is 0 Å². The first-order chi connectivity index (χ1) is 12.1. The molecule has 1 unspecified atom stereocenters. The highest BCUT2D eigenvalue weighted by Crippen LogP contribution is 2.41. The fraction of sp³-hybridized carbons (Fsp3) is 0.636. The molecule has 1 aromatic rings. The topological polar surface area (TPSA) is 32.7 Å². The van der Waals surface area contributed by atoms with Crippen molar-refractivity contribution in [3.63, 3.8) is 0 Å². The highest BCUT2D eigenvalue weighted by atomic mass is 28.4. The molecule has 4 heteroatoms. The summed E-state index contributed by atoms with van der Waals surface area (Å²) in [6.45, 7) is 13.9. The summed E-state index contributed by atoms with van der Waals surface area (Å²) in [6.07, 6.45) is 2.01. The maximum atomic E-state index is 11.2. The summed E-state index contributed by atoms with van der Waals surface area (Å²) in [5.41, 5.74) is 0.0804. The first-order valence-corrected chi connectivity index (χ1v) is 12.7. The molecule has 3 nitrogen and oxygen atoms in total. The normalized spacial score (nSPS) is 31.4. The van der Waals surface area contributed by atoms with Gasteiger partial charge in [-0.3, -0.25) is 4.90 Å². The Morgan fingerprint density at radius 2 is 1.96 bits per heavy atom. The van der Waals surface area contributed by atoms with Crippen molar-refractivity contribution in [2.75, 3.05) is 19.7 Å². The predicted octanol–water partition coefficient (Wildman–Crippen LogP) is 3.89. The molecule has 0 saturated carbocycles. The van der Waals surface area contributed by atoms with Crippen LogP contribution in [0.1, 0.15) is 39.2 Å². The van der Waals surface area contributed by atoms with Crippen molar-refractivity contribution >= 4 is 8.32 Å². The molecule has 1 aromatic carbocycles. The lowest BCUT2D eigenvalue weighted by atomic mass is 9.73. The number of hydrogen-bond donors (Lipinski definition) is 1. The molecule has 0 spiro atoms. The van der Waals surface area contributed by atoms with Gasteiger partial charge in [-0.1, -0.05) is 50.8 Å². The summed E-state index contributed by atoms with van der Waals surface area (Å²) in [5.74, 6) is 6.62. The van der Waals surface area contributed by atoms with Crippen LogP contribution in [0.15, 0.2) is 30.3 Å². The van der Waals surface area contributed by atoms with Crippen LogP contribution in [-0.2, 0) is 4.43 Å². The zero-order valence-electron chi connectivity index (χ0n) is 16.9. The Bertz CT molecular complexity index is 686. The standard InChI is InChI=1S/C22H33NO2Si/c1-21(2,3)26(4,5)25-16-20-15-19-12-14-23(20)17-22(19,24)13-11-18-9-7-6-8-10-18/h6-10,19-20,24H,12,14-17H2,1-5H3/t19-,20+,22-/m0/s1. The van der Waals surface area contributed by atoms with E-state index in [2.05, 4.69) is 50.6 Å². The Kier molecular flexibility index (Phi) is 5.38. The van der Waals surface area contributed by atoms with Crippen LogP contribution in [0.5, 0.6) is 0 Å². The first-order valence-electron chi connectivity index (χ1n) is 9.79. The highest BCUT2D eigenvalue weighted by Gasteiger charge is 2.49. The Balaban J connectivity index is 1.65. The average molecular weight is 372 g/mol. The van der Waals surface area contributed by atoms with E-state index >= 15 is 0 Å². The van der Waals surface area contributed by atoms with Gasteiger partial charge in [0.2, 0.25) is 0 Å². The fourth-order valence-electron chi connectivity index (χ4n) is 3.72. The minimum atomic E-state index is -1.73. The van der Waals surface area contributed by atoms with Gasteiger partial charge in [0.1, 0.15) is 5.60 Å². The van der Waals surface area contributed by atoms with Gasteiger partial charge in [0, 0.05) is 30.7 Å². The lowest BCUT2D eigenvalue weighted by Gasteiger charge is -2.53. The Morgan fingerprint density at radius 3 is 2.54 bits per heavy atom. The third kappa shape index (κ3) is 4.07. The van der Waals surface area contributed by atoms with Gasteiger partial charge in [-0.25, -0.2) is 0 Å². The predicted molar refractivity (Wildman–Crippen MR) is 110 cm³/mol. The van der Waals surface area contributed by atoms with Crippen LogP contribution < -0.4 is 0 Å². The molecule has 4 atom stereocenters. The van der Waals surface area contributed by atoms with Crippen LogP contribution in [0.25, 0.3) is 0 Å². The van der Waals surface area contributed by atoms with Crippen LogP contribution in [0.4, 0.5) is 0 Å². The molecule has 0 aromatic heterocycles. The number of fused-ring (bicyclic) bond motifs is 3. The molecule has 3 fully saturated rings. The third-order valence-corrected chi connectivity index (χ3v) is 11.1. The molecule has 0 aliphatic carbocycles. The van der Waals surface area contributed by atoms with Crippen molar-refractivity contribution in [2.45, 2.75) is 63.4 Å². The number of piperidine rings is 3. The van der Waals surface area contributed by atoms with Gasteiger partial charge in [-0.05, 0) is 49.7 Å². The molecule has 3 aliphatic rings. The summed E-state index contributed by atoms with van der Waals surface area (Å²) in [4.78, 5) is 2.40. The van der Waals surface area contributed by atoms with Crippen molar-refractivity contribution < 1.29 is 9.53 Å². The average Bonchev–Trinajstić information content (AvgIpc) is 2.59. The second kappa shape index (κ2) is 7.13. The molecule has 3 saturated heterocycles. The largest absolute Gasteiger partial charge is 0.415 e. The number of nitrogens with zero attached hydrogens (tertiary/aromatic N) is 1. The molecule has 142 valence electrons. The van der Waals surface area contributed by atoms with Gasteiger partial charge < -0.3 is 9.53 Å². The van der Waals surface area contributed by atoms with Crippen molar-refractivity contribution in [3.05, 3.63) is 35.9 Å². The van der Waals surface area contributed by atoms with Crippen molar-refractivity contribution in [1.82, 2.24) is 4.90 Å². The molecule has 0 amide bonds. The molecular weight excluding hydrogens is 338 g/mol. The zero-order chi connectivity index (χ0) is 19.0. The summed E-state index contributed by atoms with van der Waals surface area (Å²) >= 11 is 0. The maximum Gasteiger partial charge on any atom is 0.192 e. The Labute approximate surface area is 159 Å². The van der Waals surface area contributed by atoms with E-state index < -0.39 is 13.9 Å². The van der Waals surface area contributed by atoms with E-state index in [1.807, 2.05) is 30.3 Å². The first kappa shape index (κ1) is 19.6. The van der Waals surface area contributed by atoms with Crippen LogP contribution in [0.2, 0.25) is 18.1 Å². The Hall–Kier alpha value is -1.12. The smallest absolute Gasteiger partial charge is 0.192 e. The number of aliphatic hydroxyl groups is 1. The molecule has 26 heavy (non-hydrogen) atoms. The van der Waals surface area contributed by atoms with E-state index in [1.165, 1.54) is 0 Å². The monoisotopic (exact) mass is 371 g/mol. The van der Waals surface area contributed by atoms with Crippen LogP contribution in [-0.4, -0.2) is 49.7 Å². The molecule has 0 radical (unpaired) electrons. The Morgan fingerprint density at radius 1 is 1.27 bits per heavy atom. The SMILES string of the molecule is CC(C)(C)[Si](C)(C)OC[C@H]1C[C@@H]2CCN1C[C@@]2(O)C#Cc1ccccc1. The molecular formula is C22H33NO2Si. The van der Waals surface area contributed by atoms with E-state index in [0.29, 0.717) is 12.6 Å². The summed E-state index contributed by atoms with van der Waals surface area (Å²) in [7, 11) is -1.73. The van der Waals surface area contributed by atoms with Crippen molar-refractivity contribution in [1.29, 1.82) is 0 Å². The van der Waals surface area contributed by atoms with Gasteiger partial charge in [-0.2, -0.15) is 0 Å². The zero-order valence-corrected chi connectivity index (χ0v) is 17.9. The second-order valence-corrected chi connectivity index (χ2v) is 14.3. The minimum absolute atomic E-state index is 0.234. The summed E-state index contributed by atoms with van der Waals surface area (Å²) in [6, 6.07) is 10.4. The lowest BCUT2D eigenvalue weighted by Crippen LogP contribution is -2.63. The number of rotatable bonds is 3. The van der Waals surface area contributed by atoms with E-state index in [4.69, 9.17) is 4.43 Å². The van der Waals surface area contributed by atoms with Crippen LogP contribution in [0.3, 0.4) is 0 Å². The van der Waals surface area contributed by atoms with E-state index in [9.17, 15) is 5.11 Å². The summed E-state index contributed by atoms with van der Waals surface area (Å²) in [5, 5.41) is 11.4. The molecule has 2 bridgehead atoms. The van der Waals surface area contributed by atoms with Gasteiger partial charge >= 0.3 is 0 Å². The molecule has 3 heterocycles. The summed E-state index contributed by atoms with van der Waals surface area (Å²) < 4.78 is 6.46. The van der Waals surface area contributed by atoms with E-state index in [1.54, 1.807) is 0 Å². The van der Waals surface area contributed by atoms with Gasteiger partial charge in [0.15, 0.2) is 8.32 Å².